The first-order valence-corrected chi connectivity index (χ1v) is 7.70. The molecule has 3 rings (SSSR count). The average Bonchev–Trinajstić information content (AvgIpc) is 3.07. The fourth-order valence-corrected chi connectivity index (χ4v) is 2.71. The van der Waals surface area contributed by atoms with Crippen LogP contribution < -0.4 is 10.1 Å². The third-order valence-electron chi connectivity index (χ3n) is 3.98. The van der Waals surface area contributed by atoms with Gasteiger partial charge in [0, 0.05) is 17.3 Å². The molecule has 23 heavy (non-hydrogen) atoms. The Morgan fingerprint density at radius 3 is 3.00 bits per heavy atom. The summed E-state index contributed by atoms with van der Waals surface area (Å²) >= 11 is 0. The number of nitrogens with one attached hydrogen (secondary N) is 1. The highest BCUT2D eigenvalue weighted by Gasteiger charge is 2.15. The van der Waals surface area contributed by atoms with E-state index in [1.165, 1.54) is 12.5 Å². The van der Waals surface area contributed by atoms with Gasteiger partial charge in [-0.1, -0.05) is 18.2 Å². The summed E-state index contributed by atoms with van der Waals surface area (Å²) in [5.41, 5.74) is 1.71. The van der Waals surface area contributed by atoms with E-state index in [0.717, 1.165) is 25.2 Å². The van der Waals surface area contributed by atoms with E-state index in [1.807, 2.05) is 12.1 Å². The van der Waals surface area contributed by atoms with Crippen LogP contribution in [-0.2, 0) is 13.0 Å². The standard InChI is InChI=1S/C18H18FN3O/c1-20-15-6-5-14(17(19)10-15)12-23-18-4-2-3-16(22-18)9-13-7-8-21-11-13/h2-6,10,13,21H,7-9,11-12H2. The molecule has 1 N–H and O–H groups in total. The van der Waals surface area contributed by atoms with Crippen LogP contribution in [0.3, 0.4) is 0 Å². The van der Waals surface area contributed by atoms with Gasteiger partial charge in [-0.3, -0.25) is 0 Å². The van der Waals surface area contributed by atoms with Gasteiger partial charge in [-0.15, -0.1) is 0 Å². The van der Waals surface area contributed by atoms with E-state index in [9.17, 15) is 4.39 Å². The van der Waals surface area contributed by atoms with Gasteiger partial charge in [-0.05, 0) is 44.0 Å². The summed E-state index contributed by atoms with van der Waals surface area (Å²) in [6.45, 7) is 9.08. The van der Waals surface area contributed by atoms with Gasteiger partial charge < -0.3 is 10.1 Å². The molecule has 1 aliphatic rings. The lowest BCUT2D eigenvalue weighted by Gasteiger charge is -2.10. The third-order valence-corrected chi connectivity index (χ3v) is 3.98. The number of benzene rings is 1. The van der Waals surface area contributed by atoms with Gasteiger partial charge in [0.25, 0.3) is 0 Å². The van der Waals surface area contributed by atoms with Crippen molar-refractivity contribution in [3.63, 3.8) is 0 Å². The second-order valence-corrected chi connectivity index (χ2v) is 5.71. The molecule has 0 amide bonds. The summed E-state index contributed by atoms with van der Waals surface area (Å²) in [6.07, 6.45) is 2.10. The van der Waals surface area contributed by atoms with Crippen LogP contribution in [0, 0.1) is 18.3 Å². The number of pyridine rings is 1. The minimum atomic E-state index is -0.424. The first-order chi connectivity index (χ1) is 11.2. The second kappa shape index (κ2) is 7.21. The maximum Gasteiger partial charge on any atom is 0.213 e. The Kier molecular flexibility index (Phi) is 4.84. The van der Waals surface area contributed by atoms with Crippen LogP contribution in [0.5, 0.6) is 5.88 Å². The predicted molar refractivity (Wildman–Crippen MR) is 85.9 cm³/mol. The Labute approximate surface area is 135 Å². The van der Waals surface area contributed by atoms with Crippen molar-refractivity contribution < 1.29 is 9.13 Å². The third kappa shape index (κ3) is 4.05. The van der Waals surface area contributed by atoms with Crippen molar-refractivity contribution in [3.8, 4) is 5.88 Å². The molecule has 1 fully saturated rings. The highest BCUT2D eigenvalue weighted by Crippen LogP contribution is 2.20. The number of aromatic nitrogens is 1. The van der Waals surface area contributed by atoms with Crippen molar-refractivity contribution in [2.45, 2.75) is 19.4 Å². The molecule has 1 unspecified atom stereocenters. The number of nitrogens with zero attached hydrogens (tertiary/aromatic N) is 2. The molecule has 1 atom stereocenters. The lowest BCUT2D eigenvalue weighted by molar-refractivity contribution is 0.287. The predicted octanol–water partition coefficient (Wildman–Crippen LogP) is 3.50. The van der Waals surface area contributed by atoms with Crippen molar-refractivity contribution in [2.75, 3.05) is 13.1 Å². The first-order valence-electron chi connectivity index (χ1n) is 7.70. The lowest BCUT2D eigenvalue weighted by Crippen LogP contribution is -2.11. The van der Waals surface area contributed by atoms with Crippen LogP contribution in [0.25, 0.3) is 4.85 Å². The number of hydrogen-bond donors (Lipinski definition) is 1. The van der Waals surface area contributed by atoms with Gasteiger partial charge in [-0.2, -0.15) is 0 Å². The number of hydrogen-bond acceptors (Lipinski definition) is 3. The normalized spacial score (nSPS) is 17.0. The Hall–Kier alpha value is -2.45. The monoisotopic (exact) mass is 311 g/mol. The van der Waals surface area contributed by atoms with Crippen LogP contribution in [0.15, 0.2) is 36.4 Å². The largest absolute Gasteiger partial charge is 0.473 e. The molecule has 2 aromatic rings. The number of rotatable bonds is 5. The van der Waals surface area contributed by atoms with E-state index in [0.29, 0.717) is 17.4 Å². The zero-order valence-electron chi connectivity index (χ0n) is 12.8. The summed E-state index contributed by atoms with van der Waals surface area (Å²) in [5.74, 6) is 0.699. The van der Waals surface area contributed by atoms with Crippen molar-refractivity contribution >= 4 is 5.69 Å². The second-order valence-electron chi connectivity index (χ2n) is 5.71. The molecule has 0 aliphatic carbocycles. The Bertz CT molecular complexity index is 720. The number of ether oxygens (including phenoxy) is 1. The van der Waals surface area contributed by atoms with Gasteiger partial charge in [0.1, 0.15) is 12.4 Å². The van der Waals surface area contributed by atoms with Crippen molar-refractivity contribution in [3.05, 3.63) is 64.9 Å². The topological polar surface area (TPSA) is 38.5 Å². The van der Waals surface area contributed by atoms with Crippen LogP contribution in [-0.4, -0.2) is 18.1 Å². The number of halogens is 1. The summed E-state index contributed by atoms with van der Waals surface area (Å²) in [7, 11) is 0. The molecule has 1 saturated heterocycles. The van der Waals surface area contributed by atoms with Gasteiger partial charge in [0.05, 0.1) is 6.57 Å². The van der Waals surface area contributed by atoms with Crippen molar-refractivity contribution in [1.29, 1.82) is 0 Å². The molecule has 1 aromatic heterocycles. The summed E-state index contributed by atoms with van der Waals surface area (Å²) < 4.78 is 19.4. The van der Waals surface area contributed by atoms with Gasteiger partial charge in [-0.25, -0.2) is 14.2 Å². The van der Waals surface area contributed by atoms with Gasteiger partial charge >= 0.3 is 0 Å². The smallest absolute Gasteiger partial charge is 0.213 e. The summed E-state index contributed by atoms with van der Waals surface area (Å²) in [5, 5.41) is 3.35. The van der Waals surface area contributed by atoms with Gasteiger partial charge in [0.2, 0.25) is 5.88 Å². The maximum absolute atomic E-state index is 13.8. The quantitative estimate of drug-likeness (QED) is 0.859. The molecule has 4 nitrogen and oxygen atoms in total. The van der Waals surface area contributed by atoms with Crippen LogP contribution in [0.2, 0.25) is 0 Å². The maximum atomic E-state index is 13.8. The molecule has 0 spiro atoms. The van der Waals surface area contributed by atoms with Crippen molar-refractivity contribution in [1.82, 2.24) is 10.3 Å². The molecular weight excluding hydrogens is 293 g/mol. The van der Waals surface area contributed by atoms with Crippen LogP contribution in [0.4, 0.5) is 10.1 Å². The Balaban J connectivity index is 1.63. The zero-order valence-corrected chi connectivity index (χ0v) is 12.8. The molecule has 0 bridgehead atoms. The summed E-state index contributed by atoms with van der Waals surface area (Å²) in [4.78, 5) is 7.70. The van der Waals surface area contributed by atoms with Crippen LogP contribution in [0.1, 0.15) is 17.7 Å². The van der Waals surface area contributed by atoms with Gasteiger partial charge in [0.15, 0.2) is 5.69 Å². The molecule has 2 heterocycles. The van der Waals surface area contributed by atoms with E-state index in [2.05, 4.69) is 15.1 Å². The molecule has 0 radical (unpaired) electrons. The fourth-order valence-electron chi connectivity index (χ4n) is 2.71. The van der Waals surface area contributed by atoms with Crippen LogP contribution >= 0.6 is 0 Å². The molecule has 1 aromatic carbocycles. The minimum absolute atomic E-state index is 0.103. The SMILES string of the molecule is [C-]#[N+]c1ccc(COc2cccc(CC3CCNC3)n2)c(F)c1. The van der Waals surface area contributed by atoms with E-state index >= 15 is 0 Å². The van der Waals surface area contributed by atoms with E-state index < -0.39 is 5.82 Å². The van der Waals surface area contributed by atoms with E-state index in [-0.39, 0.29) is 12.3 Å². The average molecular weight is 311 g/mol. The fraction of sp³-hybridized carbons (Fsp3) is 0.333. The molecule has 118 valence electrons. The minimum Gasteiger partial charge on any atom is -0.473 e. The lowest BCUT2D eigenvalue weighted by atomic mass is 10.0. The van der Waals surface area contributed by atoms with Crippen molar-refractivity contribution in [2.24, 2.45) is 5.92 Å². The van der Waals surface area contributed by atoms with E-state index in [1.54, 1.807) is 18.2 Å². The molecular formula is C18H18FN3O. The molecule has 0 saturated carbocycles. The Morgan fingerprint density at radius 1 is 1.35 bits per heavy atom. The Morgan fingerprint density at radius 2 is 2.26 bits per heavy atom. The first kappa shape index (κ1) is 15.4. The highest BCUT2D eigenvalue weighted by molar-refractivity contribution is 5.46. The highest BCUT2D eigenvalue weighted by atomic mass is 19.1. The molecule has 1 aliphatic heterocycles. The molecule has 5 heteroatoms. The van der Waals surface area contributed by atoms with E-state index in [4.69, 9.17) is 11.3 Å². The summed E-state index contributed by atoms with van der Waals surface area (Å²) in [6, 6.07) is 10.1. The zero-order chi connectivity index (χ0) is 16.1.